The van der Waals surface area contributed by atoms with Crippen LogP contribution in [0.3, 0.4) is 0 Å². The minimum Gasteiger partial charge on any atom is -0.397 e. The molecule has 0 atom stereocenters. The third-order valence-electron chi connectivity index (χ3n) is 2.83. The molecule has 0 saturated carbocycles. The number of aromatic nitrogens is 1. The Morgan fingerprint density at radius 1 is 1.28 bits per heavy atom. The first-order valence-electron chi connectivity index (χ1n) is 5.61. The SMILES string of the molecule is Nc1cncc(N2CC(=O)Nc3ccccc32)c1. The molecule has 0 saturated heterocycles. The molecule has 3 rings (SSSR count). The average Bonchev–Trinajstić information content (AvgIpc) is 2.37. The van der Waals surface area contributed by atoms with Crippen LogP contribution in [0.2, 0.25) is 0 Å². The maximum Gasteiger partial charge on any atom is 0.244 e. The summed E-state index contributed by atoms with van der Waals surface area (Å²) in [5.74, 6) is -0.0453. The summed E-state index contributed by atoms with van der Waals surface area (Å²) < 4.78 is 0. The number of hydrogen-bond donors (Lipinski definition) is 2. The molecule has 0 spiro atoms. The van der Waals surface area contributed by atoms with Gasteiger partial charge in [0.1, 0.15) is 6.54 Å². The number of rotatable bonds is 1. The fourth-order valence-electron chi connectivity index (χ4n) is 2.06. The number of benzene rings is 1. The van der Waals surface area contributed by atoms with Gasteiger partial charge in [0.2, 0.25) is 5.91 Å². The lowest BCUT2D eigenvalue weighted by molar-refractivity contribution is -0.115. The van der Waals surface area contributed by atoms with Crippen molar-refractivity contribution in [3.8, 4) is 0 Å². The first-order chi connectivity index (χ1) is 8.74. The molecule has 0 fully saturated rings. The summed E-state index contributed by atoms with van der Waals surface area (Å²) in [6.07, 6.45) is 3.28. The molecule has 5 heteroatoms. The fraction of sp³-hybridized carbons (Fsp3) is 0.0769. The smallest absolute Gasteiger partial charge is 0.244 e. The number of nitrogens with two attached hydrogens (primary N) is 1. The Hall–Kier alpha value is -2.56. The number of hydrogen-bond acceptors (Lipinski definition) is 4. The number of carbonyl (C=O) groups excluding carboxylic acids is 1. The molecule has 90 valence electrons. The number of carbonyl (C=O) groups is 1. The topological polar surface area (TPSA) is 71.2 Å². The van der Waals surface area contributed by atoms with E-state index in [0.717, 1.165) is 17.1 Å². The Morgan fingerprint density at radius 3 is 2.94 bits per heavy atom. The van der Waals surface area contributed by atoms with Gasteiger partial charge in [-0.15, -0.1) is 0 Å². The van der Waals surface area contributed by atoms with Gasteiger partial charge in [0.25, 0.3) is 0 Å². The zero-order valence-electron chi connectivity index (χ0n) is 9.63. The van der Waals surface area contributed by atoms with E-state index in [0.29, 0.717) is 5.69 Å². The van der Waals surface area contributed by atoms with E-state index in [1.807, 2.05) is 35.2 Å². The molecule has 0 bridgehead atoms. The van der Waals surface area contributed by atoms with Crippen LogP contribution >= 0.6 is 0 Å². The molecule has 1 aromatic carbocycles. The average molecular weight is 240 g/mol. The molecule has 1 amide bonds. The lowest BCUT2D eigenvalue weighted by atomic mass is 10.1. The molecule has 2 aromatic rings. The highest BCUT2D eigenvalue weighted by Crippen LogP contribution is 2.34. The van der Waals surface area contributed by atoms with Crippen molar-refractivity contribution in [1.29, 1.82) is 0 Å². The van der Waals surface area contributed by atoms with Crippen LogP contribution in [0.5, 0.6) is 0 Å². The quantitative estimate of drug-likeness (QED) is 0.796. The summed E-state index contributed by atoms with van der Waals surface area (Å²) in [5.41, 5.74) is 8.88. The molecular formula is C13H12N4O. The van der Waals surface area contributed by atoms with Crippen molar-refractivity contribution in [3.63, 3.8) is 0 Å². The van der Waals surface area contributed by atoms with Crippen LogP contribution in [0.4, 0.5) is 22.7 Å². The van der Waals surface area contributed by atoms with Crippen molar-refractivity contribution in [1.82, 2.24) is 4.98 Å². The zero-order valence-corrected chi connectivity index (χ0v) is 9.63. The third kappa shape index (κ3) is 1.75. The normalized spacial score (nSPS) is 14.0. The molecular weight excluding hydrogens is 228 g/mol. The van der Waals surface area contributed by atoms with Gasteiger partial charge >= 0.3 is 0 Å². The van der Waals surface area contributed by atoms with Crippen LogP contribution in [-0.2, 0) is 4.79 Å². The van der Waals surface area contributed by atoms with Crippen molar-refractivity contribution in [2.45, 2.75) is 0 Å². The monoisotopic (exact) mass is 240 g/mol. The van der Waals surface area contributed by atoms with E-state index < -0.39 is 0 Å². The second-order valence-corrected chi connectivity index (χ2v) is 4.13. The first kappa shape index (κ1) is 10.6. The summed E-state index contributed by atoms with van der Waals surface area (Å²) in [5, 5.41) is 2.84. The van der Waals surface area contributed by atoms with E-state index in [4.69, 9.17) is 5.73 Å². The Bertz CT molecular complexity index is 611. The molecule has 0 aliphatic carbocycles. The maximum absolute atomic E-state index is 11.7. The van der Waals surface area contributed by atoms with E-state index in [-0.39, 0.29) is 12.5 Å². The van der Waals surface area contributed by atoms with E-state index in [9.17, 15) is 4.79 Å². The number of amides is 1. The maximum atomic E-state index is 11.7. The lowest BCUT2D eigenvalue weighted by Gasteiger charge is -2.30. The molecule has 1 aromatic heterocycles. The number of pyridine rings is 1. The van der Waals surface area contributed by atoms with Crippen LogP contribution in [0, 0.1) is 0 Å². The standard InChI is InChI=1S/C13H12N4O/c14-9-5-10(7-15-6-9)17-8-13(18)16-11-3-1-2-4-12(11)17/h1-7H,8,14H2,(H,16,18). The number of fused-ring (bicyclic) bond motifs is 1. The van der Waals surface area contributed by atoms with Gasteiger partial charge in [0.05, 0.1) is 28.9 Å². The van der Waals surface area contributed by atoms with E-state index >= 15 is 0 Å². The molecule has 2 heterocycles. The Balaban J connectivity index is 2.10. The second-order valence-electron chi connectivity index (χ2n) is 4.13. The predicted octanol–water partition coefficient (Wildman–Crippen LogP) is 1.75. The van der Waals surface area contributed by atoms with Crippen molar-refractivity contribution in [2.75, 3.05) is 22.5 Å². The van der Waals surface area contributed by atoms with Crippen LogP contribution < -0.4 is 16.0 Å². The highest BCUT2D eigenvalue weighted by atomic mass is 16.2. The van der Waals surface area contributed by atoms with Crippen LogP contribution in [0.25, 0.3) is 0 Å². The number of nitrogens with zero attached hydrogens (tertiary/aromatic N) is 2. The van der Waals surface area contributed by atoms with E-state index in [2.05, 4.69) is 10.3 Å². The molecule has 1 aliphatic rings. The Labute approximate surface area is 104 Å². The zero-order chi connectivity index (χ0) is 12.5. The second kappa shape index (κ2) is 4.03. The molecule has 0 unspecified atom stereocenters. The molecule has 3 N–H and O–H groups in total. The van der Waals surface area contributed by atoms with Gasteiger partial charge in [-0.05, 0) is 18.2 Å². The third-order valence-corrected chi connectivity index (χ3v) is 2.83. The summed E-state index contributed by atoms with van der Waals surface area (Å²) in [7, 11) is 0. The summed E-state index contributed by atoms with van der Waals surface area (Å²) in [6, 6.07) is 9.46. The van der Waals surface area contributed by atoms with Gasteiger partial charge in [0, 0.05) is 6.20 Å². The van der Waals surface area contributed by atoms with Gasteiger partial charge in [-0.2, -0.15) is 0 Å². The molecule has 5 nitrogen and oxygen atoms in total. The highest BCUT2D eigenvalue weighted by Gasteiger charge is 2.22. The highest BCUT2D eigenvalue weighted by molar-refractivity contribution is 6.03. The predicted molar refractivity (Wildman–Crippen MR) is 70.7 cm³/mol. The van der Waals surface area contributed by atoms with Crippen LogP contribution in [0.15, 0.2) is 42.7 Å². The number of para-hydroxylation sites is 2. The first-order valence-corrected chi connectivity index (χ1v) is 5.61. The Kier molecular flexibility index (Phi) is 2.37. The van der Waals surface area contributed by atoms with Gasteiger partial charge < -0.3 is 16.0 Å². The number of anilines is 4. The Morgan fingerprint density at radius 2 is 2.11 bits per heavy atom. The largest absolute Gasteiger partial charge is 0.397 e. The van der Waals surface area contributed by atoms with E-state index in [1.54, 1.807) is 12.4 Å². The van der Waals surface area contributed by atoms with Crippen molar-refractivity contribution >= 4 is 28.7 Å². The summed E-state index contributed by atoms with van der Waals surface area (Å²) >= 11 is 0. The number of nitrogen functional groups attached to an aromatic ring is 1. The van der Waals surface area contributed by atoms with Crippen molar-refractivity contribution in [2.24, 2.45) is 0 Å². The summed E-state index contributed by atoms with van der Waals surface area (Å²) in [6.45, 7) is 0.266. The summed E-state index contributed by atoms with van der Waals surface area (Å²) in [4.78, 5) is 17.6. The molecule has 0 radical (unpaired) electrons. The van der Waals surface area contributed by atoms with Gasteiger partial charge in [-0.1, -0.05) is 12.1 Å². The van der Waals surface area contributed by atoms with Gasteiger partial charge in [0.15, 0.2) is 0 Å². The van der Waals surface area contributed by atoms with Crippen molar-refractivity contribution in [3.05, 3.63) is 42.7 Å². The minimum absolute atomic E-state index is 0.0453. The van der Waals surface area contributed by atoms with Crippen molar-refractivity contribution < 1.29 is 4.79 Å². The van der Waals surface area contributed by atoms with Gasteiger partial charge in [-0.25, -0.2) is 0 Å². The van der Waals surface area contributed by atoms with Gasteiger partial charge in [-0.3, -0.25) is 9.78 Å². The lowest BCUT2D eigenvalue weighted by Crippen LogP contribution is -2.35. The van der Waals surface area contributed by atoms with Crippen LogP contribution in [0.1, 0.15) is 0 Å². The van der Waals surface area contributed by atoms with Crippen LogP contribution in [-0.4, -0.2) is 17.4 Å². The minimum atomic E-state index is -0.0453. The van der Waals surface area contributed by atoms with E-state index in [1.165, 1.54) is 0 Å². The molecule has 18 heavy (non-hydrogen) atoms. The number of nitrogens with one attached hydrogen (secondary N) is 1. The fourth-order valence-corrected chi connectivity index (χ4v) is 2.06. The molecule has 1 aliphatic heterocycles.